The van der Waals surface area contributed by atoms with E-state index >= 15 is 0 Å². The van der Waals surface area contributed by atoms with Gasteiger partial charge in [-0.2, -0.15) is 0 Å². The molecule has 0 N–H and O–H groups in total. The number of anilines is 1. The number of rotatable bonds is 2. The molecular formula is C19H21BrN2O. The van der Waals surface area contributed by atoms with Crippen LogP contribution in [-0.4, -0.2) is 37.0 Å². The largest absolute Gasteiger partial charge is 0.368 e. The molecule has 0 bridgehead atoms. The Morgan fingerprint density at radius 2 is 1.61 bits per heavy atom. The van der Waals surface area contributed by atoms with Gasteiger partial charge in [0.2, 0.25) is 0 Å². The lowest BCUT2D eigenvalue weighted by Gasteiger charge is -2.36. The number of piperazine rings is 1. The fraction of sp³-hybridized carbons (Fsp3) is 0.316. The van der Waals surface area contributed by atoms with Crippen LogP contribution in [0.25, 0.3) is 0 Å². The summed E-state index contributed by atoms with van der Waals surface area (Å²) in [5.74, 6) is 0.134. The van der Waals surface area contributed by atoms with E-state index in [0.29, 0.717) is 0 Å². The molecule has 0 aliphatic carbocycles. The van der Waals surface area contributed by atoms with Crippen LogP contribution in [0.4, 0.5) is 5.69 Å². The molecule has 2 aromatic rings. The van der Waals surface area contributed by atoms with Crippen molar-refractivity contribution in [2.45, 2.75) is 13.8 Å². The predicted octanol–water partition coefficient (Wildman–Crippen LogP) is 4.03. The van der Waals surface area contributed by atoms with Crippen LogP contribution in [0, 0.1) is 13.8 Å². The summed E-state index contributed by atoms with van der Waals surface area (Å²) < 4.78 is 1.13. The van der Waals surface area contributed by atoms with Crippen LogP contribution in [-0.2, 0) is 0 Å². The summed E-state index contributed by atoms with van der Waals surface area (Å²) >= 11 is 3.59. The summed E-state index contributed by atoms with van der Waals surface area (Å²) in [5, 5.41) is 0. The second-order valence-electron chi connectivity index (χ2n) is 6.08. The number of carbonyl (C=O) groups is 1. The normalized spacial score (nSPS) is 14.9. The van der Waals surface area contributed by atoms with E-state index in [-0.39, 0.29) is 5.91 Å². The fourth-order valence-electron chi connectivity index (χ4n) is 2.82. The third kappa shape index (κ3) is 3.58. The molecule has 23 heavy (non-hydrogen) atoms. The first-order valence-corrected chi connectivity index (χ1v) is 8.71. The number of nitrogens with zero attached hydrogens (tertiary/aromatic N) is 2. The average Bonchev–Trinajstić information content (AvgIpc) is 2.57. The minimum absolute atomic E-state index is 0.134. The van der Waals surface area contributed by atoms with Crippen molar-refractivity contribution in [2.24, 2.45) is 0 Å². The highest BCUT2D eigenvalue weighted by Crippen LogP contribution is 2.24. The zero-order chi connectivity index (χ0) is 16.4. The number of benzene rings is 2. The summed E-state index contributed by atoms with van der Waals surface area (Å²) in [6.07, 6.45) is 0. The van der Waals surface area contributed by atoms with Gasteiger partial charge in [-0.15, -0.1) is 0 Å². The molecule has 0 aromatic heterocycles. The topological polar surface area (TPSA) is 23.6 Å². The summed E-state index contributed by atoms with van der Waals surface area (Å²) in [5.41, 5.74) is 4.41. The summed E-state index contributed by atoms with van der Waals surface area (Å²) in [7, 11) is 0. The minimum atomic E-state index is 0.134. The Labute approximate surface area is 146 Å². The van der Waals surface area contributed by atoms with E-state index in [1.165, 1.54) is 16.8 Å². The second-order valence-corrected chi connectivity index (χ2v) is 6.93. The molecule has 1 fully saturated rings. The standard InChI is InChI=1S/C19H21BrN2O/c1-14-3-6-16(7-4-14)19(23)22-11-9-21(10-12-22)17-8-5-15(2)18(20)13-17/h3-8,13H,9-12H2,1-2H3. The number of halogens is 1. The molecule has 0 radical (unpaired) electrons. The molecule has 1 aliphatic rings. The van der Waals surface area contributed by atoms with Gasteiger partial charge in [0.25, 0.3) is 5.91 Å². The Kier molecular flexibility index (Phi) is 4.71. The molecule has 4 heteroatoms. The molecule has 1 saturated heterocycles. The van der Waals surface area contributed by atoms with Crippen LogP contribution in [0.2, 0.25) is 0 Å². The summed E-state index contributed by atoms with van der Waals surface area (Å²) in [6, 6.07) is 14.3. The molecule has 120 valence electrons. The van der Waals surface area contributed by atoms with Crippen LogP contribution in [0.5, 0.6) is 0 Å². The maximum absolute atomic E-state index is 12.6. The zero-order valence-electron chi connectivity index (χ0n) is 13.6. The van der Waals surface area contributed by atoms with Crippen molar-refractivity contribution >= 4 is 27.5 Å². The molecule has 3 nitrogen and oxygen atoms in total. The van der Waals surface area contributed by atoms with Crippen LogP contribution in [0.1, 0.15) is 21.5 Å². The number of hydrogen-bond donors (Lipinski definition) is 0. The van der Waals surface area contributed by atoms with Gasteiger partial charge < -0.3 is 9.80 Å². The molecule has 0 saturated carbocycles. The highest BCUT2D eigenvalue weighted by atomic mass is 79.9. The van der Waals surface area contributed by atoms with Gasteiger partial charge in [-0.1, -0.05) is 39.7 Å². The lowest BCUT2D eigenvalue weighted by molar-refractivity contribution is 0.0747. The Morgan fingerprint density at radius 1 is 0.957 bits per heavy atom. The first-order chi connectivity index (χ1) is 11.0. The Balaban J connectivity index is 1.64. The van der Waals surface area contributed by atoms with E-state index in [0.717, 1.165) is 36.2 Å². The van der Waals surface area contributed by atoms with E-state index in [1.807, 2.05) is 36.1 Å². The highest BCUT2D eigenvalue weighted by molar-refractivity contribution is 9.10. The molecule has 1 aliphatic heterocycles. The zero-order valence-corrected chi connectivity index (χ0v) is 15.1. The van der Waals surface area contributed by atoms with Gasteiger partial charge in [0.1, 0.15) is 0 Å². The van der Waals surface area contributed by atoms with E-state index in [2.05, 4.69) is 46.0 Å². The molecule has 0 spiro atoms. The van der Waals surface area contributed by atoms with Crippen molar-refractivity contribution in [3.63, 3.8) is 0 Å². The Morgan fingerprint density at radius 3 is 2.22 bits per heavy atom. The SMILES string of the molecule is Cc1ccc(C(=O)N2CCN(c3ccc(C)c(Br)c3)CC2)cc1. The van der Waals surface area contributed by atoms with E-state index in [9.17, 15) is 4.79 Å². The molecule has 3 rings (SSSR count). The first kappa shape index (κ1) is 16.1. The van der Waals surface area contributed by atoms with Gasteiger partial charge in [-0.05, 0) is 43.7 Å². The summed E-state index contributed by atoms with van der Waals surface area (Å²) in [4.78, 5) is 16.8. The van der Waals surface area contributed by atoms with Crippen molar-refractivity contribution < 1.29 is 4.79 Å². The Hall–Kier alpha value is -1.81. The fourth-order valence-corrected chi connectivity index (χ4v) is 3.19. The van der Waals surface area contributed by atoms with Crippen LogP contribution < -0.4 is 4.90 Å². The lowest BCUT2D eigenvalue weighted by atomic mass is 10.1. The number of aryl methyl sites for hydroxylation is 2. The van der Waals surface area contributed by atoms with Crippen molar-refractivity contribution in [1.29, 1.82) is 0 Å². The molecule has 2 aromatic carbocycles. The van der Waals surface area contributed by atoms with Crippen molar-refractivity contribution in [2.75, 3.05) is 31.1 Å². The predicted molar refractivity (Wildman–Crippen MR) is 98.2 cm³/mol. The van der Waals surface area contributed by atoms with Gasteiger partial charge in [-0.3, -0.25) is 4.79 Å². The molecule has 0 atom stereocenters. The highest BCUT2D eigenvalue weighted by Gasteiger charge is 2.22. The number of amides is 1. The second kappa shape index (κ2) is 6.75. The Bertz CT molecular complexity index is 704. The molecule has 1 amide bonds. The third-order valence-electron chi connectivity index (χ3n) is 4.39. The molecular weight excluding hydrogens is 352 g/mol. The van der Waals surface area contributed by atoms with Gasteiger partial charge in [0, 0.05) is 41.9 Å². The minimum Gasteiger partial charge on any atom is -0.368 e. The number of carbonyl (C=O) groups excluding carboxylic acids is 1. The quantitative estimate of drug-likeness (QED) is 0.794. The maximum atomic E-state index is 12.6. The van der Waals surface area contributed by atoms with Gasteiger partial charge in [0.15, 0.2) is 0 Å². The van der Waals surface area contributed by atoms with Crippen molar-refractivity contribution in [3.05, 3.63) is 63.6 Å². The van der Waals surface area contributed by atoms with Crippen molar-refractivity contribution in [3.8, 4) is 0 Å². The van der Waals surface area contributed by atoms with Crippen LogP contribution in [0.3, 0.4) is 0 Å². The average molecular weight is 373 g/mol. The van der Waals surface area contributed by atoms with Gasteiger partial charge in [0.05, 0.1) is 0 Å². The number of hydrogen-bond acceptors (Lipinski definition) is 2. The monoisotopic (exact) mass is 372 g/mol. The maximum Gasteiger partial charge on any atom is 0.253 e. The van der Waals surface area contributed by atoms with Gasteiger partial charge >= 0.3 is 0 Å². The molecule has 0 unspecified atom stereocenters. The van der Waals surface area contributed by atoms with Gasteiger partial charge in [-0.25, -0.2) is 0 Å². The smallest absolute Gasteiger partial charge is 0.253 e. The van der Waals surface area contributed by atoms with E-state index < -0.39 is 0 Å². The third-order valence-corrected chi connectivity index (χ3v) is 5.24. The van der Waals surface area contributed by atoms with Crippen molar-refractivity contribution in [1.82, 2.24) is 4.90 Å². The van der Waals surface area contributed by atoms with Crippen LogP contribution >= 0.6 is 15.9 Å². The van der Waals surface area contributed by atoms with E-state index in [4.69, 9.17) is 0 Å². The lowest BCUT2D eigenvalue weighted by Crippen LogP contribution is -2.48. The first-order valence-electron chi connectivity index (χ1n) is 7.91. The van der Waals surface area contributed by atoms with Crippen LogP contribution in [0.15, 0.2) is 46.9 Å². The molecule has 1 heterocycles. The summed E-state index contributed by atoms with van der Waals surface area (Å²) in [6.45, 7) is 7.38. The van der Waals surface area contributed by atoms with E-state index in [1.54, 1.807) is 0 Å².